The average molecular weight is 731 g/mol. The zero-order valence-electron chi connectivity index (χ0n) is 32.9. The Morgan fingerprint density at radius 2 is 0.846 bits per heavy atom. The normalized spacial score (nSPS) is 12.3. The van der Waals surface area contributed by atoms with Gasteiger partial charge in [0.1, 0.15) is 22.4 Å². The topological polar surface area (TPSA) is 159 Å². The number of hydrogen-bond donors (Lipinski definition) is 0. The summed E-state index contributed by atoms with van der Waals surface area (Å²) in [6.45, 7) is 24.0. The summed E-state index contributed by atoms with van der Waals surface area (Å²) in [5.41, 5.74) is -4.29. The van der Waals surface area contributed by atoms with Gasteiger partial charge in [0.2, 0.25) is 0 Å². The Labute approximate surface area is 306 Å². The van der Waals surface area contributed by atoms with Crippen molar-refractivity contribution in [2.75, 3.05) is 0 Å². The molecule has 0 N–H and O–H groups in total. The van der Waals surface area contributed by atoms with Crippen molar-refractivity contribution in [1.82, 2.24) is 0 Å². The van der Waals surface area contributed by atoms with E-state index in [1.54, 1.807) is 55.4 Å². The Bertz CT molecular complexity index is 1650. The lowest BCUT2D eigenvalue weighted by molar-refractivity contribution is -0.308. The van der Waals surface area contributed by atoms with E-state index < -0.39 is 52.1 Å². The van der Waals surface area contributed by atoms with Gasteiger partial charge in [-0.25, -0.2) is 19.2 Å². The minimum atomic E-state index is -1.07. The molecule has 0 aliphatic rings. The first-order valence-electron chi connectivity index (χ1n) is 17.4. The number of hydrogen-bond acceptors (Lipinski definition) is 13. The van der Waals surface area contributed by atoms with E-state index in [2.05, 4.69) is 0 Å². The van der Waals surface area contributed by atoms with Gasteiger partial charge < -0.3 is 0 Å². The molecule has 0 aliphatic heterocycles. The second kappa shape index (κ2) is 17.6. The van der Waals surface area contributed by atoms with Crippen molar-refractivity contribution in [3.63, 3.8) is 0 Å². The lowest BCUT2D eigenvalue weighted by Crippen LogP contribution is -2.28. The highest BCUT2D eigenvalue weighted by Crippen LogP contribution is 2.30. The van der Waals surface area contributed by atoms with E-state index in [0.29, 0.717) is 25.7 Å². The monoisotopic (exact) mass is 730 g/mol. The highest BCUT2D eigenvalue weighted by molar-refractivity contribution is 6.15. The van der Waals surface area contributed by atoms with Crippen LogP contribution in [0.3, 0.4) is 0 Å². The molecule has 0 saturated heterocycles. The van der Waals surface area contributed by atoms with Crippen LogP contribution in [0.1, 0.15) is 177 Å². The van der Waals surface area contributed by atoms with Crippen LogP contribution < -0.4 is 0 Å². The first kappa shape index (κ1) is 44.0. The molecule has 2 aromatic carbocycles. The Kier molecular flexibility index (Phi) is 14.9. The number of carbonyl (C=O) groups is 5. The van der Waals surface area contributed by atoms with Crippen LogP contribution in [0, 0.1) is 13.8 Å². The number of rotatable bonds is 18. The molecule has 13 nitrogen and oxygen atoms in total. The predicted molar refractivity (Wildman–Crippen MR) is 189 cm³/mol. The van der Waals surface area contributed by atoms with Gasteiger partial charge in [0.25, 0.3) is 0 Å². The molecule has 0 spiro atoms. The van der Waals surface area contributed by atoms with Gasteiger partial charge >= 0.3 is 23.9 Å². The number of benzene rings is 2. The Morgan fingerprint density at radius 1 is 0.481 bits per heavy atom. The zero-order valence-corrected chi connectivity index (χ0v) is 32.9. The standard InChI is InChI=1S/C39H54O13/c1-15-36(7,8)49-45-32(41)26-20-19-25(22-28(26)33(42)46-50-37(9,10)16-2)31(40)27-21-23(5)29(34(43)47-51-38(11,12)17-3)30(24(27)6)35(44)48-52-39(13,14)18-4/h19-22H,15-18H2,1-14H3. The first-order chi connectivity index (χ1) is 23.9. The van der Waals surface area contributed by atoms with Crippen molar-refractivity contribution in [2.24, 2.45) is 0 Å². The van der Waals surface area contributed by atoms with Gasteiger partial charge in [-0.15, -0.1) is 0 Å². The molecule has 0 fully saturated rings. The smallest absolute Gasteiger partial charge is 0.292 e. The number of aryl methyl sites for hydroxylation is 1. The summed E-state index contributed by atoms with van der Waals surface area (Å²) in [5.74, 6) is -4.78. The van der Waals surface area contributed by atoms with E-state index in [1.165, 1.54) is 32.0 Å². The maximum absolute atomic E-state index is 14.2. The van der Waals surface area contributed by atoms with Crippen molar-refractivity contribution in [3.8, 4) is 0 Å². The lowest BCUT2D eigenvalue weighted by Gasteiger charge is -2.23. The van der Waals surface area contributed by atoms with E-state index in [-0.39, 0.29) is 44.5 Å². The van der Waals surface area contributed by atoms with Crippen LogP contribution in [0.4, 0.5) is 0 Å². The van der Waals surface area contributed by atoms with Crippen molar-refractivity contribution < 1.29 is 63.1 Å². The molecule has 0 bridgehead atoms. The fourth-order valence-electron chi connectivity index (χ4n) is 3.87. The highest BCUT2D eigenvalue weighted by atomic mass is 17.2. The Morgan fingerprint density at radius 3 is 1.25 bits per heavy atom. The molecule has 288 valence electrons. The largest absolute Gasteiger partial charge is 0.374 e. The molecule has 0 aliphatic carbocycles. The summed E-state index contributed by atoms with van der Waals surface area (Å²) in [6, 6.07) is 5.08. The summed E-state index contributed by atoms with van der Waals surface area (Å²) in [7, 11) is 0. The molecular weight excluding hydrogens is 676 g/mol. The molecule has 0 amide bonds. The third-order valence-electron chi connectivity index (χ3n) is 8.94. The van der Waals surface area contributed by atoms with Crippen LogP contribution in [0.15, 0.2) is 24.3 Å². The van der Waals surface area contributed by atoms with Gasteiger partial charge in [-0.05, 0) is 124 Å². The van der Waals surface area contributed by atoms with Crippen LogP contribution in [0.5, 0.6) is 0 Å². The molecule has 0 unspecified atom stereocenters. The molecule has 13 heteroatoms. The fourth-order valence-corrected chi connectivity index (χ4v) is 3.87. The molecule has 52 heavy (non-hydrogen) atoms. The SMILES string of the molecule is CCC(C)(C)OOC(=O)c1ccc(C(=O)c2cc(C)c(C(=O)OOC(C)(C)CC)c(C(=O)OOC(C)(C)CC)c2C)cc1C(=O)OOC(C)(C)CC. The van der Waals surface area contributed by atoms with Crippen LogP contribution in [0.25, 0.3) is 0 Å². The van der Waals surface area contributed by atoms with E-state index >= 15 is 0 Å². The lowest BCUT2D eigenvalue weighted by atomic mass is 9.88. The fraction of sp³-hybridized carbons (Fsp3) is 0.564. The molecule has 2 aromatic rings. The van der Waals surface area contributed by atoms with E-state index in [1.807, 2.05) is 27.7 Å². The molecule has 0 aromatic heterocycles. The summed E-state index contributed by atoms with van der Waals surface area (Å²) in [6.07, 6.45) is 2.01. The second-order valence-electron chi connectivity index (χ2n) is 15.0. The van der Waals surface area contributed by atoms with Crippen molar-refractivity contribution in [1.29, 1.82) is 0 Å². The molecule has 2 rings (SSSR count). The van der Waals surface area contributed by atoms with Gasteiger partial charge in [-0.1, -0.05) is 33.8 Å². The van der Waals surface area contributed by atoms with Gasteiger partial charge in [0.15, 0.2) is 5.78 Å². The van der Waals surface area contributed by atoms with E-state index in [0.717, 1.165) is 6.07 Å². The van der Waals surface area contributed by atoms with E-state index in [9.17, 15) is 24.0 Å². The average Bonchev–Trinajstić information content (AvgIpc) is 3.10. The maximum atomic E-state index is 14.2. The van der Waals surface area contributed by atoms with Crippen LogP contribution in [-0.4, -0.2) is 52.1 Å². The second-order valence-corrected chi connectivity index (χ2v) is 15.0. The summed E-state index contributed by atoms with van der Waals surface area (Å²) >= 11 is 0. The molecule has 0 atom stereocenters. The molecular formula is C39H54O13. The van der Waals surface area contributed by atoms with Crippen LogP contribution >= 0.6 is 0 Å². The first-order valence-corrected chi connectivity index (χ1v) is 17.4. The van der Waals surface area contributed by atoms with Crippen molar-refractivity contribution in [2.45, 2.75) is 145 Å². The van der Waals surface area contributed by atoms with Crippen molar-refractivity contribution >= 4 is 29.7 Å². The number of ketones is 1. The van der Waals surface area contributed by atoms with Gasteiger partial charge in [0, 0.05) is 11.1 Å². The quantitative estimate of drug-likeness (QED) is 0.0815. The third kappa shape index (κ3) is 11.7. The van der Waals surface area contributed by atoms with Crippen LogP contribution in [-0.2, 0) is 39.1 Å². The predicted octanol–water partition coefficient (Wildman–Crippen LogP) is 8.64. The van der Waals surface area contributed by atoms with Gasteiger partial charge in [-0.3, -0.25) is 24.3 Å². The van der Waals surface area contributed by atoms with Crippen LogP contribution in [0.2, 0.25) is 0 Å². The minimum absolute atomic E-state index is 0.0170. The van der Waals surface area contributed by atoms with Gasteiger partial charge in [0.05, 0.1) is 22.3 Å². The highest BCUT2D eigenvalue weighted by Gasteiger charge is 2.33. The summed E-state index contributed by atoms with van der Waals surface area (Å²) in [4.78, 5) is 110. The molecule has 0 saturated carbocycles. The van der Waals surface area contributed by atoms with Crippen molar-refractivity contribution in [3.05, 3.63) is 68.8 Å². The number of carbonyl (C=O) groups excluding carboxylic acids is 5. The minimum Gasteiger partial charge on any atom is -0.292 e. The molecule has 0 radical (unpaired) electrons. The Balaban J connectivity index is 2.73. The third-order valence-corrected chi connectivity index (χ3v) is 8.94. The maximum Gasteiger partial charge on any atom is 0.374 e. The summed E-state index contributed by atoms with van der Waals surface area (Å²) in [5, 5.41) is 0. The summed E-state index contributed by atoms with van der Waals surface area (Å²) < 4.78 is 0. The zero-order chi connectivity index (χ0) is 39.8. The Hall–Kier alpha value is -4.17. The molecule has 0 heterocycles. The van der Waals surface area contributed by atoms with E-state index in [4.69, 9.17) is 39.1 Å². The van der Waals surface area contributed by atoms with Gasteiger partial charge in [-0.2, -0.15) is 19.6 Å².